The molecule has 0 aliphatic carbocycles. The molecule has 9 nitrogen and oxygen atoms in total. The molecule has 5 rings (SSSR count). The predicted octanol–water partition coefficient (Wildman–Crippen LogP) is 6.06. The van der Waals surface area contributed by atoms with Crippen molar-refractivity contribution in [1.82, 2.24) is 24.8 Å². The molecule has 2 aromatic carbocycles. The Morgan fingerprint density at radius 1 is 0.974 bits per heavy atom. The Bertz CT molecular complexity index is 1480. The molecule has 202 valence electrons. The van der Waals surface area contributed by atoms with Crippen molar-refractivity contribution in [2.45, 2.75) is 33.1 Å². The van der Waals surface area contributed by atoms with E-state index >= 15 is 0 Å². The van der Waals surface area contributed by atoms with Gasteiger partial charge >= 0.3 is 6.09 Å². The first-order chi connectivity index (χ1) is 18.7. The van der Waals surface area contributed by atoms with Gasteiger partial charge in [0.15, 0.2) is 5.82 Å². The van der Waals surface area contributed by atoms with Crippen LogP contribution in [-0.4, -0.2) is 63.7 Å². The van der Waals surface area contributed by atoms with Gasteiger partial charge in [-0.2, -0.15) is 15.0 Å². The van der Waals surface area contributed by atoms with E-state index in [1.165, 1.54) is 5.56 Å². The second-order valence-electron chi connectivity index (χ2n) is 10.4. The molecule has 0 atom stereocenters. The second-order valence-corrected chi connectivity index (χ2v) is 10.8. The summed E-state index contributed by atoms with van der Waals surface area (Å²) in [4.78, 5) is 34.1. The molecule has 1 saturated heterocycles. The molecule has 1 aliphatic rings. The number of aromatic nitrogens is 4. The van der Waals surface area contributed by atoms with Crippen molar-refractivity contribution in [3.8, 4) is 11.4 Å². The van der Waals surface area contributed by atoms with E-state index in [9.17, 15) is 4.79 Å². The smallest absolute Gasteiger partial charge is 0.409 e. The molecule has 39 heavy (non-hydrogen) atoms. The van der Waals surface area contributed by atoms with Gasteiger partial charge < -0.3 is 19.9 Å². The first kappa shape index (κ1) is 26.6. The minimum absolute atomic E-state index is 0.0876. The van der Waals surface area contributed by atoms with E-state index in [0.717, 1.165) is 27.8 Å². The summed E-state index contributed by atoms with van der Waals surface area (Å²) in [5.41, 5.74) is 3.08. The topological polar surface area (TPSA) is 96.4 Å². The number of halogens is 1. The summed E-state index contributed by atoms with van der Waals surface area (Å²) in [6, 6.07) is 16.4. The number of anilines is 3. The molecule has 1 aliphatic heterocycles. The van der Waals surface area contributed by atoms with E-state index in [4.69, 9.17) is 26.3 Å². The zero-order chi connectivity index (χ0) is 27.6. The number of ether oxygens (including phenoxy) is 1. The standard InChI is InChI=1S/C29H32ClN7O2/c1-5-39-28(38)37-16-14-36(15-17-37)27-34-25(33-26(30)35-27)23-18-31-24(22-9-7-6-8-21(22)23)32-20-12-10-19(11-13-20)29(2,3)4/h6-13,18H,5,14-17H2,1-4H3,(H,31,32). The average Bonchev–Trinajstić information content (AvgIpc) is 2.93. The highest BCUT2D eigenvalue weighted by molar-refractivity contribution is 6.28. The van der Waals surface area contributed by atoms with Gasteiger partial charge in [0.1, 0.15) is 5.82 Å². The van der Waals surface area contributed by atoms with Gasteiger partial charge in [-0.3, -0.25) is 0 Å². The number of pyridine rings is 1. The molecule has 0 unspecified atom stereocenters. The molecule has 0 radical (unpaired) electrons. The van der Waals surface area contributed by atoms with E-state index in [2.05, 4.69) is 60.3 Å². The van der Waals surface area contributed by atoms with E-state index in [0.29, 0.717) is 44.6 Å². The summed E-state index contributed by atoms with van der Waals surface area (Å²) in [5.74, 6) is 1.66. The number of hydrogen-bond acceptors (Lipinski definition) is 8. The van der Waals surface area contributed by atoms with Gasteiger partial charge in [0.25, 0.3) is 0 Å². The highest BCUT2D eigenvalue weighted by atomic mass is 35.5. The van der Waals surface area contributed by atoms with Crippen molar-refractivity contribution in [2.75, 3.05) is 43.0 Å². The Hall–Kier alpha value is -3.98. The summed E-state index contributed by atoms with van der Waals surface area (Å²) in [7, 11) is 0. The van der Waals surface area contributed by atoms with Gasteiger partial charge in [-0.25, -0.2) is 9.78 Å². The van der Waals surface area contributed by atoms with Gasteiger partial charge in [0.2, 0.25) is 11.2 Å². The molecule has 0 bridgehead atoms. The highest BCUT2D eigenvalue weighted by Gasteiger charge is 2.25. The number of nitrogens with one attached hydrogen (secondary N) is 1. The van der Waals surface area contributed by atoms with Crippen LogP contribution in [0.4, 0.5) is 22.2 Å². The van der Waals surface area contributed by atoms with Crippen LogP contribution in [0.1, 0.15) is 33.3 Å². The molecular weight excluding hydrogens is 514 g/mol. The lowest BCUT2D eigenvalue weighted by atomic mass is 9.87. The van der Waals surface area contributed by atoms with Crippen molar-refractivity contribution in [3.05, 3.63) is 65.6 Å². The summed E-state index contributed by atoms with van der Waals surface area (Å²) in [6.45, 7) is 10.9. The Balaban J connectivity index is 1.42. The molecule has 10 heteroatoms. The monoisotopic (exact) mass is 545 g/mol. The maximum absolute atomic E-state index is 12.1. The predicted molar refractivity (Wildman–Crippen MR) is 155 cm³/mol. The van der Waals surface area contributed by atoms with Crippen molar-refractivity contribution in [1.29, 1.82) is 0 Å². The first-order valence-electron chi connectivity index (χ1n) is 13.1. The van der Waals surface area contributed by atoms with E-state index in [-0.39, 0.29) is 16.8 Å². The third-order valence-electron chi connectivity index (χ3n) is 6.73. The average molecular weight is 546 g/mol. The van der Waals surface area contributed by atoms with Gasteiger partial charge in [-0.15, -0.1) is 0 Å². The summed E-state index contributed by atoms with van der Waals surface area (Å²) >= 11 is 6.37. The van der Waals surface area contributed by atoms with Crippen LogP contribution in [0.5, 0.6) is 0 Å². The zero-order valence-corrected chi connectivity index (χ0v) is 23.4. The highest BCUT2D eigenvalue weighted by Crippen LogP contribution is 2.33. The molecule has 1 N–H and O–H groups in total. The Labute approximate surface area is 233 Å². The Morgan fingerprint density at radius 2 is 1.67 bits per heavy atom. The van der Waals surface area contributed by atoms with Crippen LogP contribution in [-0.2, 0) is 10.2 Å². The third kappa shape index (κ3) is 5.88. The summed E-state index contributed by atoms with van der Waals surface area (Å²) in [6.07, 6.45) is 1.46. The molecule has 1 fully saturated rings. The number of rotatable bonds is 5. The van der Waals surface area contributed by atoms with Gasteiger partial charge in [0, 0.05) is 49.0 Å². The number of piperazine rings is 1. The SMILES string of the molecule is CCOC(=O)N1CCN(c2nc(Cl)nc(-c3cnc(Nc4ccc(C(C)(C)C)cc4)c4ccccc34)n2)CC1. The maximum atomic E-state index is 12.1. The van der Waals surface area contributed by atoms with Crippen LogP contribution < -0.4 is 10.2 Å². The lowest BCUT2D eigenvalue weighted by Crippen LogP contribution is -2.49. The van der Waals surface area contributed by atoms with Crippen molar-refractivity contribution in [3.63, 3.8) is 0 Å². The van der Waals surface area contributed by atoms with Crippen molar-refractivity contribution < 1.29 is 9.53 Å². The minimum atomic E-state index is -0.303. The fraction of sp³-hybridized carbons (Fsp3) is 0.345. The van der Waals surface area contributed by atoms with Gasteiger partial charge in [-0.1, -0.05) is 57.2 Å². The fourth-order valence-corrected chi connectivity index (χ4v) is 4.72. The number of fused-ring (bicyclic) bond motifs is 1. The van der Waals surface area contributed by atoms with Crippen molar-refractivity contribution >= 4 is 45.9 Å². The van der Waals surface area contributed by atoms with Crippen LogP contribution in [0.3, 0.4) is 0 Å². The summed E-state index contributed by atoms with van der Waals surface area (Å²) in [5, 5.41) is 5.45. The van der Waals surface area contributed by atoms with Crippen LogP contribution >= 0.6 is 11.6 Å². The van der Waals surface area contributed by atoms with Crippen LogP contribution in [0.25, 0.3) is 22.2 Å². The van der Waals surface area contributed by atoms with Gasteiger partial charge in [0.05, 0.1) is 6.61 Å². The number of benzene rings is 2. The largest absolute Gasteiger partial charge is 0.450 e. The lowest BCUT2D eigenvalue weighted by Gasteiger charge is -2.34. The zero-order valence-electron chi connectivity index (χ0n) is 22.6. The van der Waals surface area contributed by atoms with E-state index in [1.807, 2.05) is 29.2 Å². The summed E-state index contributed by atoms with van der Waals surface area (Å²) < 4.78 is 5.12. The molecule has 0 saturated carbocycles. The third-order valence-corrected chi connectivity index (χ3v) is 6.90. The molecule has 4 aromatic rings. The van der Waals surface area contributed by atoms with E-state index < -0.39 is 0 Å². The molecule has 0 spiro atoms. The maximum Gasteiger partial charge on any atom is 0.409 e. The minimum Gasteiger partial charge on any atom is -0.450 e. The number of amides is 1. The number of nitrogens with zero attached hydrogens (tertiary/aromatic N) is 6. The van der Waals surface area contributed by atoms with Gasteiger partial charge in [-0.05, 0) is 47.0 Å². The van der Waals surface area contributed by atoms with Crippen LogP contribution in [0.15, 0.2) is 54.7 Å². The molecule has 1 amide bonds. The number of carbonyl (C=O) groups excluding carboxylic acids is 1. The molecule has 3 heterocycles. The second kappa shape index (κ2) is 11.0. The van der Waals surface area contributed by atoms with Crippen LogP contribution in [0.2, 0.25) is 5.28 Å². The quantitative estimate of drug-likeness (QED) is 0.323. The first-order valence-corrected chi connectivity index (χ1v) is 13.4. The molecule has 2 aromatic heterocycles. The Morgan fingerprint density at radius 3 is 2.33 bits per heavy atom. The number of hydrogen-bond donors (Lipinski definition) is 1. The van der Waals surface area contributed by atoms with Crippen LogP contribution in [0, 0.1) is 0 Å². The van der Waals surface area contributed by atoms with E-state index in [1.54, 1.807) is 18.0 Å². The Kier molecular flexibility index (Phi) is 7.52. The number of carbonyl (C=O) groups is 1. The van der Waals surface area contributed by atoms with Crippen molar-refractivity contribution in [2.24, 2.45) is 0 Å². The molecular formula is C29H32ClN7O2. The fourth-order valence-electron chi connectivity index (χ4n) is 4.57. The normalized spacial score (nSPS) is 14.0. The lowest BCUT2D eigenvalue weighted by molar-refractivity contribution is 0.105.